The lowest BCUT2D eigenvalue weighted by Gasteiger charge is -2.10. The molecule has 0 saturated heterocycles. The molecule has 1 amide bonds. The Hall–Kier alpha value is -3.07. The summed E-state index contributed by atoms with van der Waals surface area (Å²) >= 11 is 0. The number of rotatable bonds is 5. The van der Waals surface area contributed by atoms with Gasteiger partial charge in [0, 0.05) is 18.2 Å². The smallest absolute Gasteiger partial charge is 0.326 e. The summed E-state index contributed by atoms with van der Waals surface area (Å²) in [5, 5.41) is 9.87. The van der Waals surface area contributed by atoms with Crippen LogP contribution < -0.4 is 26.8 Å². The zero-order valence-corrected chi connectivity index (χ0v) is 11.6. The fraction of sp³-hybridized carbons (Fsp3) is 0.154. The molecule has 0 bridgehead atoms. The van der Waals surface area contributed by atoms with E-state index in [0.717, 1.165) is 6.07 Å². The third-order valence-corrected chi connectivity index (χ3v) is 2.79. The van der Waals surface area contributed by atoms with Crippen molar-refractivity contribution in [2.45, 2.75) is 6.54 Å². The number of hydrogen-bond acceptors (Lipinski definition) is 6. The zero-order valence-electron chi connectivity index (χ0n) is 11.6. The second-order valence-electron chi connectivity index (χ2n) is 4.28. The molecule has 0 unspecified atom stereocenters. The van der Waals surface area contributed by atoms with Gasteiger partial charge < -0.3 is 14.8 Å². The topological polar surface area (TPSA) is 136 Å². The number of phenols is 1. The Balaban J connectivity index is 2.00. The zero-order chi connectivity index (χ0) is 16.1. The van der Waals surface area contributed by atoms with Crippen LogP contribution in [0, 0.1) is 0 Å². The number of carbonyl (C=O) groups excluding carboxylic acids is 1. The predicted octanol–water partition coefficient (Wildman–Crippen LogP) is -0.788. The summed E-state index contributed by atoms with van der Waals surface area (Å²) in [6.07, 6.45) is 0. The molecule has 0 aliphatic rings. The van der Waals surface area contributed by atoms with Crippen molar-refractivity contribution in [1.82, 2.24) is 20.8 Å². The minimum atomic E-state index is -0.775. The summed E-state index contributed by atoms with van der Waals surface area (Å²) in [5.74, 6) is -0.425. The highest BCUT2D eigenvalue weighted by Crippen LogP contribution is 2.28. The number of hydrazine groups is 1. The average molecular weight is 306 g/mol. The molecule has 2 aromatic rings. The number of aromatic hydroxyl groups is 1. The molecule has 9 nitrogen and oxygen atoms in total. The number of carbonyl (C=O) groups is 1. The first kappa shape index (κ1) is 15.3. The van der Waals surface area contributed by atoms with Crippen LogP contribution in [0.3, 0.4) is 0 Å². The highest BCUT2D eigenvalue weighted by Gasteiger charge is 2.09. The fourth-order valence-electron chi connectivity index (χ4n) is 1.75. The minimum Gasteiger partial charge on any atom is -0.504 e. The molecule has 0 aliphatic carbocycles. The van der Waals surface area contributed by atoms with Gasteiger partial charge in [-0.1, -0.05) is 12.1 Å². The van der Waals surface area contributed by atoms with Gasteiger partial charge in [-0.15, -0.1) is 0 Å². The van der Waals surface area contributed by atoms with Gasteiger partial charge >= 0.3 is 5.69 Å². The Bertz CT molecular complexity index is 767. The number of aromatic nitrogens is 2. The van der Waals surface area contributed by atoms with Crippen LogP contribution in [0.25, 0.3) is 0 Å². The van der Waals surface area contributed by atoms with E-state index in [1.54, 1.807) is 18.2 Å². The quantitative estimate of drug-likeness (QED) is 0.459. The third kappa shape index (κ3) is 3.52. The van der Waals surface area contributed by atoms with Crippen LogP contribution in [-0.2, 0) is 6.54 Å². The molecule has 0 fully saturated rings. The van der Waals surface area contributed by atoms with E-state index in [9.17, 15) is 19.5 Å². The maximum absolute atomic E-state index is 11.8. The van der Waals surface area contributed by atoms with Crippen molar-refractivity contribution in [2.75, 3.05) is 7.11 Å². The first-order chi connectivity index (χ1) is 10.5. The third-order valence-electron chi connectivity index (χ3n) is 2.79. The molecule has 0 aliphatic heterocycles. The van der Waals surface area contributed by atoms with Crippen molar-refractivity contribution in [3.05, 3.63) is 56.4 Å². The maximum atomic E-state index is 11.8. The SMILES string of the molecule is COc1cccc(CNNC(=O)c2cc(=O)[nH]c(=O)[nH]2)c1O. The molecule has 116 valence electrons. The first-order valence-electron chi connectivity index (χ1n) is 6.23. The normalized spacial score (nSPS) is 10.2. The maximum Gasteiger partial charge on any atom is 0.326 e. The Morgan fingerprint density at radius 3 is 2.77 bits per heavy atom. The molecule has 0 radical (unpaired) electrons. The van der Waals surface area contributed by atoms with Crippen molar-refractivity contribution in [1.29, 1.82) is 0 Å². The number of ether oxygens (including phenoxy) is 1. The van der Waals surface area contributed by atoms with E-state index in [4.69, 9.17) is 4.74 Å². The summed E-state index contributed by atoms with van der Waals surface area (Å²) < 4.78 is 4.97. The number of methoxy groups -OCH3 is 1. The molecule has 1 aromatic carbocycles. The Morgan fingerprint density at radius 1 is 1.32 bits per heavy atom. The van der Waals surface area contributed by atoms with Crippen LogP contribution in [0.5, 0.6) is 11.5 Å². The van der Waals surface area contributed by atoms with Crippen molar-refractivity contribution < 1.29 is 14.6 Å². The minimum absolute atomic E-state index is 0.0451. The van der Waals surface area contributed by atoms with E-state index in [0.29, 0.717) is 11.3 Å². The second kappa shape index (κ2) is 6.59. The predicted molar refractivity (Wildman–Crippen MR) is 76.6 cm³/mol. The number of amides is 1. The highest BCUT2D eigenvalue weighted by molar-refractivity contribution is 5.91. The van der Waals surface area contributed by atoms with Gasteiger partial charge in [-0.05, 0) is 6.07 Å². The molecule has 1 aromatic heterocycles. The van der Waals surface area contributed by atoms with Gasteiger partial charge in [0.15, 0.2) is 11.5 Å². The van der Waals surface area contributed by atoms with Gasteiger partial charge in [0.25, 0.3) is 11.5 Å². The lowest BCUT2D eigenvalue weighted by Crippen LogP contribution is -2.39. The molecule has 0 saturated carbocycles. The van der Waals surface area contributed by atoms with Crippen LogP contribution in [0.15, 0.2) is 33.9 Å². The summed E-state index contributed by atoms with van der Waals surface area (Å²) in [7, 11) is 1.43. The Labute approximate surface area is 123 Å². The van der Waals surface area contributed by atoms with Gasteiger partial charge in [0.05, 0.1) is 7.11 Å². The summed E-state index contributed by atoms with van der Waals surface area (Å²) in [5.41, 5.74) is 3.74. The molecule has 22 heavy (non-hydrogen) atoms. The van der Waals surface area contributed by atoms with Gasteiger partial charge in [-0.2, -0.15) is 0 Å². The molecule has 0 atom stereocenters. The van der Waals surface area contributed by atoms with E-state index in [-0.39, 0.29) is 18.0 Å². The lowest BCUT2D eigenvalue weighted by molar-refractivity contribution is 0.0926. The van der Waals surface area contributed by atoms with Crippen LogP contribution in [0.1, 0.15) is 16.1 Å². The molecule has 0 spiro atoms. The van der Waals surface area contributed by atoms with Crippen LogP contribution in [0.4, 0.5) is 0 Å². The van der Waals surface area contributed by atoms with E-state index in [1.807, 2.05) is 4.98 Å². The van der Waals surface area contributed by atoms with Crippen molar-refractivity contribution >= 4 is 5.91 Å². The van der Waals surface area contributed by atoms with Crippen LogP contribution in [0.2, 0.25) is 0 Å². The average Bonchev–Trinajstić information content (AvgIpc) is 2.48. The molecule has 5 N–H and O–H groups in total. The number of hydrogen-bond donors (Lipinski definition) is 5. The fourth-order valence-corrected chi connectivity index (χ4v) is 1.75. The number of benzene rings is 1. The van der Waals surface area contributed by atoms with E-state index in [2.05, 4.69) is 15.8 Å². The number of aromatic amines is 2. The number of para-hydroxylation sites is 1. The van der Waals surface area contributed by atoms with Gasteiger partial charge in [0.2, 0.25) is 0 Å². The second-order valence-corrected chi connectivity index (χ2v) is 4.28. The highest BCUT2D eigenvalue weighted by atomic mass is 16.5. The van der Waals surface area contributed by atoms with Crippen molar-refractivity contribution in [3.63, 3.8) is 0 Å². The van der Waals surface area contributed by atoms with Gasteiger partial charge in [-0.25, -0.2) is 10.2 Å². The molecule has 9 heteroatoms. The first-order valence-corrected chi connectivity index (χ1v) is 6.23. The van der Waals surface area contributed by atoms with Crippen molar-refractivity contribution in [3.8, 4) is 11.5 Å². The Morgan fingerprint density at radius 2 is 2.09 bits per heavy atom. The van der Waals surface area contributed by atoms with Gasteiger partial charge in [0.1, 0.15) is 5.69 Å². The molecule has 1 heterocycles. The standard InChI is InChI=1S/C13H14N4O5/c1-22-9-4-2-3-7(11(9)19)6-14-17-12(20)8-5-10(18)16-13(21)15-8/h2-5,14,19H,6H2,1H3,(H,17,20)(H2,15,16,18,21). The summed E-state index contributed by atoms with van der Waals surface area (Å²) in [6, 6.07) is 5.89. The Kier molecular flexibility index (Phi) is 4.59. The molecular formula is C13H14N4O5. The van der Waals surface area contributed by atoms with Gasteiger partial charge in [-0.3, -0.25) is 20.0 Å². The van der Waals surface area contributed by atoms with E-state index >= 15 is 0 Å². The van der Waals surface area contributed by atoms with Crippen molar-refractivity contribution in [2.24, 2.45) is 0 Å². The van der Waals surface area contributed by atoms with E-state index in [1.165, 1.54) is 7.11 Å². The summed E-state index contributed by atoms with van der Waals surface area (Å²) in [4.78, 5) is 38.1. The molecular weight excluding hydrogens is 292 g/mol. The van der Waals surface area contributed by atoms with Crippen LogP contribution >= 0.6 is 0 Å². The lowest BCUT2D eigenvalue weighted by atomic mass is 10.2. The summed E-state index contributed by atoms with van der Waals surface area (Å²) in [6.45, 7) is 0.113. The largest absolute Gasteiger partial charge is 0.504 e. The van der Waals surface area contributed by atoms with E-state index < -0.39 is 17.2 Å². The number of phenolic OH excluding ortho intramolecular Hbond substituents is 1. The molecule has 2 rings (SSSR count). The monoisotopic (exact) mass is 306 g/mol. The number of H-pyrrole nitrogens is 2. The number of nitrogens with one attached hydrogen (secondary N) is 4. The van der Waals surface area contributed by atoms with Crippen LogP contribution in [-0.4, -0.2) is 28.1 Å².